The van der Waals surface area contributed by atoms with Crippen LogP contribution in [0.1, 0.15) is 51.2 Å². The number of rotatable bonds is 8. The molecule has 0 unspecified atom stereocenters. The number of hydrogen-bond acceptors (Lipinski definition) is 8. The van der Waals surface area contributed by atoms with Crippen molar-refractivity contribution in [1.82, 2.24) is 19.3 Å². The number of carboxylic acid groups (broad SMARTS) is 1. The van der Waals surface area contributed by atoms with E-state index in [1.54, 1.807) is 32.9 Å². The largest absolute Gasteiger partial charge is 0.477 e. The second-order valence-corrected chi connectivity index (χ2v) is 11.3. The highest BCUT2D eigenvalue weighted by molar-refractivity contribution is 7.16. The van der Waals surface area contributed by atoms with Crippen molar-refractivity contribution in [2.75, 3.05) is 5.32 Å². The number of pyridine rings is 2. The van der Waals surface area contributed by atoms with Crippen LogP contribution in [0.4, 0.5) is 5.82 Å². The van der Waals surface area contributed by atoms with Crippen LogP contribution in [-0.4, -0.2) is 42.1 Å². The molecule has 0 saturated carbocycles. The molecule has 4 aromatic rings. The molecule has 4 rings (SSSR count). The van der Waals surface area contributed by atoms with Gasteiger partial charge in [0.1, 0.15) is 11.4 Å². The highest BCUT2D eigenvalue weighted by Gasteiger charge is 2.27. The Balaban J connectivity index is 1.77. The van der Waals surface area contributed by atoms with Gasteiger partial charge < -0.3 is 15.0 Å². The Morgan fingerprint density at radius 2 is 1.82 bits per heavy atom. The lowest BCUT2D eigenvalue weighted by atomic mass is 9.96. The number of anilines is 1. The Morgan fingerprint density at radius 1 is 1.11 bits per heavy atom. The third kappa shape index (κ3) is 5.90. The van der Waals surface area contributed by atoms with Crippen LogP contribution in [0, 0.1) is 5.41 Å². The quantitative estimate of drug-likeness (QED) is 0.300. The first-order valence-electron chi connectivity index (χ1n) is 11.5. The standard InChI is InChI=1S/C26H24ClN5O5S/c1-26(2,3)25(37)32-22(29-12-17-4-5-21(27)38-17)11-19(30-32)16-10-18(24(35)36)23(34)31(13-16)14-20(33)15-6-8-28-9-7-15/h4-11,13,29H,12,14H2,1-3H3,(H,35,36). The minimum atomic E-state index is -1.44. The molecule has 0 amide bonds. The number of carbonyl (C=O) groups excluding carboxylic acids is 2. The molecule has 0 bridgehead atoms. The molecule has 4 heterocycles. The van der Waals surface area contributed by atoms with Crippen LogP contribution in [0.5, 0.6) is 0 Å². The SMILES string of the molecule is CC(C)(C)C(=O)n1nc(-c2cc(C(=O)O)c(=O)n(CC(=O)c3ccncc3)c2)cc1NCc1ccc(Cl)s1. The zero-order valence-corrected chi connectivity index (χ0v) is 22.3. The average molecular weight is 554 g/mol. The fraction of sp³-hybridized carbons (Fsp3) is 0.231. The van der Waals surface area contributed by atoms with E-state index in [-0.39, 0.29) is 23.7 Å². The second kappa shape index (κ2) is 10.7. The van der Waals surface area contributed by atoms with Gasteiger partial charge in [0.25, 0.3) is 11.5 Å². The molecule has 12 heteroatoms. The van der Waals surface area contributed by atoms with Gasteiger partial charge in [-0.2, -0.15) is 9.78 Å². The Bertz CT molecular complexity index is 1580. The Kier molecular flexibility index (Phi) is 7.61. The summed E-state index contributed by atoms with van der Waals surface area (Å²) in [6, 6.07) is 9.44. The Hall–Kier alpha value is -4.09. The average Bonchev–Trinajstić information content (AvgIpc) is 3.49. The minimum absolute atomic E-state index is 0.252. The van der Waals surface area contributed by atoms with Crippen molar-refractivity contribution in [3.05, 3.63) is 85.7 Å². The van der Waals surface area contributed by atoms with Crippen LogP contribution >= 0.6 is 22.9 Å². The van der Waals surface area contributed by atoms with E-state index in [0.717, 1.165) is 9.44 Å². The predicted molar refractivity (Wildman–Crippen MR) is 144 cm³/mol. The maximum absolute atomic E-state index is 13.2. The van der Waals surface area contributed by atoms with E-state index in [1.165, 1.54) is 52.8 Å². The number of nitrogens with one attached hydrogen (secondary N) is 1. The van der Waals surface area contributed by atoms with Gasteiger partial charge in [0.2, 0.25) is 0 Å². The fourth-order valence-corrected chi connectivity index (χ4v) is 4.60. The number of carboxylic acids is 1. The molecule has 4 aromatic heterocycles. The molecule has 2 N–H and O–H groups in total. The van der Waals surface area contributed by atoms with Gasteiger partial charge in [-0.25, -0.2) is 4.79 Å². The molecule has 38 heavy (non-hydrogen) atoms. The van der Waals surface area contributed by atoms with Crippen LogP contribution < -0.4 is 10.9 Å². The van der Waals surface area contributed by atoms with Gasteiger partial charge >= 0.3 is 5.97 Å². The third-order valence-electron chi connectivity index (χ3n) is 5.54. The van der Waals surface area contributed by atoms with Gasteiger partial charge in [0, 0.05) is 46.1 Å². The fourth-order valence-electron chi connectivity index (χ4n) is 3.58. The van der Waals surface area contributed by atoms with Gasteiger partial charge in [-0.15, -0.1) is 11.3 Å². The number of hydrogen-bond donors (Lipinski definition) is 2. The summed E-state index contributed by atoms with van der Waals surface area (Å²) in [5.74, 6) is -1.75. The molecular formula is C26H24ClN5O5S. The lowest BCUT2D eigenvalue weighted by Gasteiger charge is -2.18. The molecule has 0 radical (unpaired) electrons. The molecule has 0 aromatic carbocycles. The molecule has 0 atom stereocenters. The van der Waals surface area contributed by atoms with Gasteiger partial charge in [-0.3, -0.25) is 19.4 Å². The van der Waals surface area contributed by atoms with E-state index in [1.807, 2.05) is 6.07 Å². The van der Waals surface area contributed by atoms with Crippen molar-refractivity contribution >= 4 is 46.4 Å². The van der Waals surface area contributed by atoms with E-state index in [0.29, 0.717) is 22.3 Å². The molecule has 0 aliphatic carbocycles. The van der Waals surface area contributed by atoms with Crippen molar-refractivity contribution in [2.24, 2.45) is 5.41 Å². The van der Waals surface area contributed by atoms with Crippen LogP contribution in [0.25, 0.3) is 11.3 Å². The van der Waals surface area contributed by atoms with Crippen LogP contribution in [0.15, 0.2) is 59.8 Å². The third-order valence-corrected chi connectivity index (χ3v) is 6.78. The monoisotopic (exact) mass is 553 g/mol. The summed E-state index contributed by atoms with van der Waals surface area (Å²) in [5.41, 5.74) is -1.29. The molecular weight excluding hydrogens is 530 g/mol. The van der Waals surface area contributed by atoms with Crippen molar-refractivity contribution in [3.8, 4) is 11.3 Å². The first kappa shape index (κ1) is 27.0. The lowest BCUT2D eigenvalue weighted by molar-refractivity contribution is 0.0692. The molecule has 0 spiro atoms. The van der Waals surface area contributed by atoms with Crippen LogP contribution in [0.3, 0.4) is 0 Å². The molecule has 0 aliphatic rings. The van der Waals surface area contributed by atoms with E-state index in [4.69, 9.17) is 11.6 Å². The number of Topliss-reactive ketones (excluding diaryl/α,β-unsaturated/α-hetero) is 1. The number of thiophene rings is 1. The van der Waals surface area contributed by atoms with E-state index in [2.05, 4.69) is 15.4 Å². The van der Waals surface area contributed by atoms with Crippen molar-refractivity contribution in [1.29, 1.82) is 0 Å². The second-order valence-electron chi connectivity index (χ2n) is 9.48. The predicted octanol–water partition coefficient (Wildman–Crippen LogP) is 4.70. The summed E-state index contributed by atoms with van der Waals surface area (Å²) >= 11 is 7.42. The topological polar surface area (TPSA) is 136 Å². The molecule has 10 nitrogen and oxygen atoms in total. The summed E-state index contributed by atoms with van der Waals surface area (Å²) in [6.07, 6.45) is 4.27. The minimum Gasteiger partial charge on any atom is -0.477 e. The first-order valence-corrected chi connectivity index (χ1v) is 12.7. The number of aromatic carboxylic acids is 1. The zero-order valence-electron chi connectivity index (χ0n) is 20.8. The smallest absolute Gasteiger partial charge is 0.341 e. The van der Waals surface area contributed by atoms with Gasteiger partial charge in [-0.05, 0) is 30.3 Å². The summed E-state index contributed by atoms with van der Waals surface area (Å²) in [5, 5.41) is 17.3. The van der Waals surface area contributed by atoms with Gasteiger partial charge in [0.15, 0.2) is 5.78 Å². The summed E-state index contributed by atoms with van der Waals surface area (Å²) < 4.78 is 2.89. The Morgan fingerprint density at radius 3 is 2.42 bits per heavy atom. The maximum Gasteiger partial charge on any atom is 0.341 e. The number of nitrogens with zero attached hydrogens (tertiary/aromatic N) is 4. The van der Waals surface area contributed by atoms with E-state index >= 15 is 0 Å². The van der Waals surface area contributed by atoms with Crippen LogP contribution in [0.2, 0.25) is 4.34 Å². The molecule has 0 fully saturated rings. The summed E-state index contributed by atoms with van der Waals surface area (Å²) in [6.45, 7) is 5.26. The highest BCUT2D eigenvalue weighted by Crippen LogP contribution is 2.28. The summed E-state index contributed by atoms with van der Waals surface area (Å²) in [7, 11) is 0. The van der Waals surface area contributed by atoms with Crippen LogP contribution in [-0.2, 0) is 13.1 Å². The number of halogens is 1. The van der Waals surface area contributed by atoms with Gasteiger partial charge in [-0.1, -0.05) is 32.4 Å². The normalized spacial score (nSPS) is 11.4. The number of ketones is 1. The Labute approximate surface area is 226 Å². The zero-order chi connectivity index (χ0) is 27.6. The van der Waals surface area contributed by atoms with Gasteiger partial charge in [0.05, 0.1) is 23.1 Å². The number of carbonyl (C=O) groups is 3. The van der Waals surface area contributed by atoms with Crippen molar-refractivity contribution in [3.63, 3.8) is 0 Å². The van der Waals surface area contributed by atoms with E-state index < -0.39 is 28.3 Å². The maximum atomic E-state index is 13.2. The molecule has 0 saturated heterocycles. The summed E-state index contributed by atoms with van der Waals surface area (Å²) in [4.78, 5) is 55.5. The highest BCUT2D eigenvalue weighted by atomic mass is 35.5. The van der Waals surface area contributed by atoms with Crippen molar-refractivity contribution in [2.45, 2.75) is 33.9 Å². The van der Waals surface area contributed by atoms with Crippen molar-refractivity contribution < 1.29 is 19.5 Å². The lowest BCUT2D eigenvalue weighted by Crippen LogP contribution is -2.29. The number of aromatic nitrogens is 4. The molecule has 196 valence electrons. The molecule has 0 aliphatic heterocycles. The first-order chi connectivity index (χ1) is 17.9. The van der Waals surface area contributed by atoms with E-state index in [9.17, 15) is 24.3 Å².